The van der Waals surface area contributed by atoms with E-state index in [4.69, 9.17) is 4.42 Å². The zero-order chi connectivity index (χ0) is 18.1. The van der Waals surface area contributed by atoms with Gasteiger partial charge >= 0.3 is 5.76 Å². The summed E-state index contributed by atoms with van der Waals surface area (Å²) in [5.41, 5.74) is 2.85. The second-order valence-corrected chi connectivity index (χ2v) is 5.73. The van der Waals surface area contributed by atoms with Gasteiger partial charge in [-0.1, -0.05) is 17.7 Å². The first-order valence-electron chi connectivity index (χ1n) is 7.50. The summed E-state index contributed by atoms with van der Waals surface area (Å²) in [6.45, 7) is 3.58. The number of aromatic nitrogens is 1. The molecule has 1 N–H and O–H groups in total. The second-order valence-electron chi connectivity index (χ2n) is 5.73. The lowest BCUT2D eigenvalue weighted by atomic mass is 10.1. The first-order valence-corrected chi connectivity index (χ1v) is 7.50. The van der Waals surface area contributed by atoms with E-state index in [1.54, 1.807) is 6.07 Å². The average Bonchev–Trinajstić information content (AvgIpc) is 2.85. The van der Waals surface area contributed by atoms with E-state index in [-0.39, 0.29) is 17.8 Å². The number of fused-ring (bicyclic) bond motifs is 1. The summed E-state index contributed by atoms with van der Waals surface area (Å²) < 4.78 is 6.14. The van der Waals surface area contributed by atoms with Gasteiger partial charge < -0.3 is 9.73 Å². The minimum atomic E-state index is -0.744. The van der Waals surface area contributed by atoms with Crippen molar-refractivity contribution in [1.29, 1.82) is 0 Å². The summed E-state index contributed by atoms with van der Waals surface area (Å²) in [5.74, 6) is -1.14. The van der Waals surface area contributed by atoms with Crippen molar-refractivity contribution in [3.8, 4) is 0 Å². The molecule has 1 heterocycles. The smallest absolute Gasteiger partial charge is 0.407 e. The lowest BCUT2D eigenvalue weighted by molar-refractivity contribution is -0.384. The van der Waals surface area contributed by atoms with E-state index in [9.17, 15) is 19.7 Å². The summed E-state index contributed by atoms with van der Waals surface area (Å²) in [7, 11) is 0. The molecule has 0 spiro atoms. The van der Waals surface area contributed by atoms with E-state index in [2.05, 4.69) is 5.32 Å². The molecule has 0 aliphatic heterocycles. The monoisotopic (exact) mass is 341 g/mol. The summed E-state index contributed by atoms with van der Waals surface area (Å²) in [4.78, 5) is 34.4. The van der Waals surface area contributed by atoms with Crippen LogP contribution in [0.4, 0.5) is 11.4 Å². The molecule has 0 atom stereocenters. The van der Waals surface area contributed by atoms with E-state index >= 15 is 0 Å². The van der Waals surface area contributed by atoms with Crippen molar-refractivity contribution in [3.63, 3.8) is 0 Å². The van der Waals surface area contributed by atoms with Crippen LogP contribution in [-0.4, -0.2) is 15.4 Å². The van der Waals surface area contributed by atoms with Gasteiger partial charge in [0, 0.05) is 11.8 Å². The number of aryl methyl sites for hydroxylation is 2. The molecule has 0 unspecified atom stereocenters. The van der Waals surface area contributed by atoms with Crippen LogP contribution in [0, 0.1) is 24.0 Å². The maximum absolute atomic E-state index is 12.3. The number of rotatable bonds is 4. The number of amides is 1. The number of anilines is 1. The summed E-state index contributed by atoms with van der Waals surface area (Å²) in [6.07, 6.45) is 0. The van der Waals surface area contributed by atoms with Crippen LogP contribution in [0.1, 0.15) is 11.1 Å². The van der Waals surface area contributed by atoms with Crippen LogP contribution in [-0.2, 0) is 11.3 Å². The Labute approximate surface area is 141 Å². The van der Waals surface area contributed by atoms with E-state index < -0.39 is 16.6 Å². The van der Waals surface area contributed by atoms with Crippen molar-refractivity contribution in [1.82, 2.24) is 4.57 Å². The van der Waals surface area contributed by atoms with Gasteiger partial charge in [-0.15, -0.1) is 0 Å². The van der Waals surface area contributed by atoms with E-state index in [1.807, 2.05) is 26.0 Å². The van der Waals surface area contributed by atoms with Crippen LogP contribution in [0.3, 0.4) is 0 Å². The number of hydrogen-bond acceptors (Lipinski definition) is 5. The van der Waals surface area contributed by atoms with Crippen molar-refractivity contribution in [2.24, 2.45) is 0 Å². The quantitative estimate of drug-likeness (QED) is 0.580. The predicted octanol–water partition coefficient (Wildman–Crippen LogP) is 2.76. The number of nitrogens with one attached hydrogen (secondary N) is 1. The molecule has 0 aliphatic rings. The summed E-state index contributed by atoms with van der Waals surface area (Å²) >= 11 is 0. The summed E-state index contributed by atoms with van der Waals surface area (Å²) in [5, 5.41) is 13.5. The first kappa shape index (κ1) is 16.4. The fourth-order valence-corrected chi connectivity index (χ4v) is 2.61. The molecule has 0 aliphatic carbocycles. The van der Waals surface area contributed by atoms with Crippen molar-refractivity contribution < 1.29 is 14.1 Å². The molecule has 0 saturated heterocycles. The molecular formula is C17H15N3O5. The number of carbonyl (C=O) groups excluding carboxylic acids is 1. The van der Waals surface area contributed by atoms with Crippen molar-refractivity contribution in [2.45, 2.75) is 20.4 Å². The Morgan fingerprint density at radius 2 is 2.00 bits per heavy atom. The zero-order valence-electron chi connectivity index (χ0n) is 13.6. The number of nitro groups is 1. The van der Waals surface area contributed by atoms with E-state index in [1.165, 1.54) is 12.1 Å². The van der Waals surface area contributed by atoms with Crippen LogP contribution in [0.5, 0.6) is 0 Å². The van der Waals surface area contributed by atoms with E-state index in [0.29, 0.717) is 11.2 Å². The number of nitrogens with zero attached hydrogens (tertiary/aromatic N) is 2. The molecular weight excluding hydrogens is 326 g/mol. The number of carbonyl (C=O) groups is 1. The zero-order valence-corrected chi connectivity index (χ0v) is 13.6. The Morgan fingerprint density at radius 1 is 1.24 bits per heavy atom. The second kappa shape index (κ2) is 6.23. The molecule has 3 rings (SSSR count). The summed E-state index contributed by atoms with van der Waals surface area (Å²) in [6, 6.07) is 9.42. The standard InChI is InChI=1S/C17H15N3O5/c1-10-3-5-13(11(2)7-10)18-16(21)9-19-14-6-4-12(20(23)24)8-15(14)25-17(19)22/h3-8H,9H2,1-2H3,(H,18,21). The van der Waals surface area contributed by atoms with Gasteiger partial charge in [-0.2, -0.15) is 0 Å². The minimum absolute atomic E-state index is 0.0681. The number of hydrogen-bond donors (Lipinski definition) is 1. The molecule has 8 nitrogen and oxygen atoms in total. The minimum Gasteiger partial charge on any atom is -0.407 e. The Hall–Kier alpha value is -3.42. The third-order valence-electron chi connectivity index (χ3n) is 3.82. The number of non-ortho nitro benzene ring substituents is 1. The molecule has 0 bridgehead atoms. The molecule has 128 valence electrons. The van der Waals surface area contributed by atoms with Gasteiger partial charge in [-0.25, -0.2) is 4.79 Å². The maximum Gasteiger partial charge on any atom is 0.420 e. The first-order chi connectivity index (χ1) is 11.8. The molecule has 0 saturated carbocycles. The van der Waals surface area contributed by atoms with Crippen molar-refractivity contribution in [2.75, 3.05) is 5.32 Å². The normalized spacial score (nSPS) is 10.8. The van der Waals surface area contributed by atoms with Gasteiger partial charge in [0.25, 0.3) is 5.69 Å². The molecule has 2 aromatic carbocycles. The van der Waals surface area contributed by atoms with Gasteiger partial charge in [0.05, 0.1) is 16.5 Å². The molecule has 8 heteroatoms. The van der Waals surface area contributed by atoms with Crippen molar-refractivity contribution in [3.05, 3.63) is 68.2 Å². The fraction of sp³-hybridized carbons (Fsp3) is 0.176. The van der Waals surface area contributed by atoms with Crippen LogP contribution < -0.4 is 11.1 Å². The predicted molar refractivity (Wildman–Crippen MR) is 91.7 cm³/mol. The highest BCUT2D eigenvalue weighted by Crippen LogP contribution is 2.20. The van der Waals surface area contributed by atoms with Crippen molar-refractivity contribution >= 4 is 28.4 Å². The Kier molecular flexibility index (Phi) is 4.10. The number of nitro benzene ring substituents is 1. The van der Waals surface area contributed by atoms with Crippen LogP contribution in [0.2, 0.25) is 0 Å². The van der Waals surface area contributed by atoms with E-state index in [0.717, 1.165) is 21.8 Å². The van der Waals surface area contributed by atoms with Gasteiger partial charge in [0.2, 0.25) is 5.91 Å². The van der Waals surface area contributed by atoms with Gasteiger partial charge in [0.15, 0.2) is 5.58 Å². The highest BCUT2D eigenvalue weighted by atomic mass is 16.6. The third-order valence-corrected chi connectivity index (χ3v) is 3.82. The SMILES string of the molecule is Cc1ccc(NC(=O)Cn2c(=O)oc3cc([N+](=O)[O-])ccc32)c(C)c1. The fourth-order valence-electron chi connectivity index (χ4n) is 2.61. The maximum atomic E-state index is 12.3. The molecule has 25 heavy (non-hydrogen) atoms. The molecule has 1 aromatic heterocycles. The Balaban J connectivity index is 1.87. The lowest BCUT2D eigenvalue weighted by Crippen LogP contribution is -2.25. The number of benzene rings is 2. The Morgan fingerprint density at radius 3 is 2.68 bits per heavy atom. The highest BCUT2D eigenvalue weighted by molar-refractivity contribution is 5.92. The topological polar surface area (TPSA) is 107 Å². The van der Waals surface area contributed by atoms with Crippen LogP contribution >= 0.6 is 0 Å². The van der Waals surface area contributed by atoms with Gasteiger partial charge in [0.1, 0.15) is 6.54 Å². The number of oxazole rings is 1. The molecule has 3 aromatic rings. The van der Waals surface area contributed by atoms with Gasteiger partial charge in [-0.05, 0) is 31.5 Å². The largest absolute Gasteiger partial charge is 0.420 e. The Bertz CT molecular complexity index is 1050. The van der Waals surface area contributed by atoms with Gasteiger partial charge in [-0.3, -0.25) is 19.5 Å². The van der Waals surface area contributed by atoms with Crippen LogP contribution in [0.25, 0.3) is 11.1 Å². The molecule has 0 fully saturated rings. The third kappa shape index (κ3) is 3.27. The van der Waals surface area contributed by atoms with Crippen LogP contribution in [0.15, 0.2) is 45.6 Å². The lowest BCUT2D eigenvalue weighted by Gasteiger charge is -2.09. The molecule has 0 radical (unpaired) electrons. The molecule has 1 amide bonds. The highest BCUT2D eigenvalue weighted by Gasteiger charge is 2.16. The average molecular weight is 341 g/mol.